The van der Waals surface area contributed by atoms with E-state index in [1.54, 1.807) is 28.6 Å². The maximum atomic E-state index is 12.4. The number of hydrogen-bond donors (Lipinski definition) is 0. The third-order valence-electron chi connectivity index (χ3n) is 3.50. The lowest BCUT2D eigenvalue weighted by molar-refractivity contribution is 0.347. The summed E-state index contributed by atoms with van der Waals surface area (Å²) in [6, 6.07) is 8.75. The smallest absolute Gasteiger partial charge is 0.218 e. The number of sulfonamides is 1. The van der Waals surface area contributed by atoms with Crippen LogP contribution in [0.25, 0.3) is 0 Å². The van der Waals surface area contributed by atoms with Gasteiger partial charge in [-0.3, -0.25) is 0 Å². The van der Waals surface area contributed by atoms with Crippen molar-refractivity contribution >= 4 is 10.0 Å². The van der Waals surface area contributed by atoms with Crippen LogP contribution in [0.5, 0.6) is 0 Å². The van der Waals surface area contributed by atoms with E-state index in [2.05, 4.69) is 4.90 Å². The molecule has 6 heteroatoms. The van der Waals surface area contributed by atoms with Crippen molar-refractivity contribution in [2.24, 2.45) is 0 Å². The summed E-state index contributed by atoms with van der Waals surface area (Å²) in [7, 11) is -1.27. The Morgan fingerprint density at radius 2 is 1.85 bits per heavy atom. The van der Waals surface area contributed by atoms with Gasteiger partial charge in [0.05, 0.1) is 17.4 Å². The Labute approximate surface area is 120 Å². The van der Waals surface area contributed by atoms with Crippen molar-refractivity contribution in [3.05, 3.63) is 35.4 Å². The quantitative estimate of drug-likeness (QED) is 0.835. The van der Waals surface area contributed by atoms with Gasteiger partial charge in [-0.1, -0.05) is 12.1 Å². The van der Waals surface area contributed by atoms with Gasteiger partial charge in [-0.25, -0.2) is 12.7 Å². The number of rotatable bonds is 3. The highest BCUT2D eigenvalue weighted by Crippen LogP contribution is 2.14. The van der Waals surface area contributed by atoms with E-state index in [1.165, 1.54) is 0 Å². The zero-order valence-electron chi connectivity index (χ0n) is 11.6. The predicted molar refractivity (Wildman–Crippen MR) is 77.5 cm³/mol. The van der Waals surface area contributed by atoms with Crippen molar-refractivity contribution < 1.29 is 8.42 Å². The Kier molecular flexibility index (Phi) is 4.76. The molecule has 0 aromatic heterocycles. The van der Waals surface area contributed by atoms with Gasteiger partial charge in [0.1, 0.15) is 0 Å². The van der Waals surface area contributed by atoms with Gasteiger partial charge < -0.3 is 4.90 Å². The number of nitrogens with zero attached hydrogens (tertiary/aromatic N) is 3. The van der Waals surface area contributed by atoms with E-state index < -0.39 is 10.0 Å². The van der Waals surface area contributed by atoms with Crippen LogP contribution in [-0.4, -0.2) is 50.8 Å². The van der Waals surface area contributed by atoms with E-state index in [4.69, 9.17) is 5.26 Å². The molecule has 1 fully saturated rings. The Bertz CT molecular complexity index is 590. The minimum absolute atomic E-state index is 0.00240. The van der Waals surface area contributed by atoms with E-state index in [1.807, 2.05) is 13.1 Å². The number of likely N-dealkylation sites (N-methyl/N-ethyl adjacent to an activating group) is 1. The average Bonchev–Trinajstić information content (AvgIpc) is 2.64. The van der Waals surface area contributed by atoms with Crippen molar-refractivity contribution in [3.63, 3.8) is 0 Å². The molecule has 1 aliphatic rings. The highest BCUT2D eigenvalue weighted by molar-refractivity contribution is 7.88. The standard InChI is InChI=1S/C14H19N3O2S/c1-16-7-2-8-17(10-9-16)20(18,19)12-14-5-3-13(11-15)4-6-14/h3-6H,2,7-10,12H2,1H3. The zero-order chi connectivity index (χ0) is 14.6. The molecule has 0 amide bonds. The van der Waals surface area contributed by atoms with Crippen LogP contribution < -0.4 is 0 Å². The van der Waals surface area contributed by atoms with Gasteiger partial charge in [0, 0.05) is 19.6 Å². The summed E-state index contributed by atoms with van der Waals surface area (Å²) >= 11 is 0. The maximum absolute atomic E-state index is 12.4. The van der Waals surface area contributed by atoms with Crippen molar-refractivity contribution in [1.29, 1.82) is 5.26 Å². The minimum atomic E-state index is -3.28. The molecule has 20 heavy (non-hydrogen) atoms. The van der Waals surface area contributed by atoms with E-state index in [-0.39, 0.29) is 5.75 Å². The molecule has 5 nitrogen and oxygen atoms in total. The molecule has 0 N–H and O–H groups in total. The van der Waals surface area contributed by atoms with Crippen LogP contribution in [0, 0.1) is 11.3 Å². The third kappa shape index (κ3) is 3.79. The summed E-state index contributed by atoms with van der Waals surface area (Å²) in [5.41, 5.74) is 1.27. The summed E-state index contributed by atoms with van der Waals surface area (Å²) in [5, 5.41) is 8.74. The van der Waals surface area contributed by atoms with Crippen LogP contribution in [0.4, 0.5) is 0 Å². The topological polar surface area (TPSA) is 64.4 Å². The molecule has 2 rings (SSSR count). The van der Waals surface area contributed by atoms with Crippen LogP contribution >= 0.6 is 0 Å². The Hall–Kier alpha value is -1.42. The molecule has 1 aromatic carbocycles. The first-order chi connectivity index (χ1) is 9.51. The van der Waals surface area contributed by atoms with Crippen LogP contribution in [0.15, 0.2) is 24.3 Å². The zero-order valence-corrected chi connectivity index (χ0v) is 12.4. The van der Waals surface area contributed by atoms with Gasteiger partial charge in [0.15, 0.2) is 0 Å². The fraction of sp³-hybridized carbons (Fsp3) is 0.500. The molecule has 0 bridgehead atoms. The lowest BCUT2D eigenvalue weighted by atomic mass is 10.2. The van der Waals surface area contributed by atoms with Crippen LogP contribution in [-0.2, 0) is 15.8 Å². The lowest BCUT2D eigenvalue weighted by Gasteiger charge is -2.20. The number of hydrogen-bond acceptors (Lipinski definition) is 4. The van der Waals surface area contributed by atoms with E-state index in [0.717, 1.165) is 25.1 Å². The predicted octanol–water partition coefficient (Wildman–Crippen LogP) is 1.03. The first-order valence-electron chi connectivity index (χ1n) is 6.67. The molecule has 1 heterocycles. The van der Waals surface area contributed by atoms with Crippen LogP contribution in [0.2, 0.25) is 0 Å². The van der Waals surface area contributed by atoms with Crippen molar-refractivity contribution in [2.75, 3.05) is 33.2 Å². The van der Waals surface area contributed by atoms with E-state index >= 15 is 0 Å². The maximum Gasteiger partial charge on any atom is 0.218 e. The second kappa shape index (κ2) is 6.35. The molecule has 1 saturated heterocycles. The summed E-state index contributed by atoms with van der Waals surface area (Å²) in [4.78, 5) is 2.15. The second-order valence-corrected chi connectivity index (χ2v) is 7.09. The molecule has 0 aliphatic carbocycles. The summed E-state index contributed by atoms with van der Waals surface area (Å²) in [5.74, 6) is 0.00240. The minimum Gasteiger partial charge on any atom is -0.305 e. The van der Waals surface area contributed by atoms with Crippen molar-refractivity contribution in [3.8, 4) is 6.07 Å². The average molecular weight is 293 g/mol. The Balaban J connectivity index is 2.08. The van der Waals surface area contributed by atoms with Crippen molar-refractivity contribution in [1.82, 2.24) is 9.21 Å². The molecule has 0 radical (unpaired) electrons. The normalized spacial score (nSPS) is 18.4. The first kappa shape index (κ1) is 15.0. The van der Waals surface area contributed by atoms with Gasteiger partial charge in [0.25, 0.3) is 0 Å². The van der Waals surface area contributed by atoms with Gasteiger partial charge in [-0.05, 0) is 37.7 Å². The molecular weight excluding hydrogens is 274 g/mol. The molecule has 0 unspecified atom stereocenters. The molecule has 0 spiro atoms. The molecule has 1 aromatic rings. The highest BCUT2D eigenvalue weighted by atomic mass is 32.2. The fourth-order valence-electron chi connectivity index (χ4n) is 2.28. The van der Waals surface area contributed by atoms with Crippen molar-refractivity contribution in [2.45, 2.75) is 12.2 Å². The Morgan fingerprint density at radius 3 is 2.50 bits per heavy atom. The first-order valence-corrected chi connectivity index (χ1v) is 8.27. The third-order valence-corrected chi connectivity index (χ3v) is 5.35. The Morgan fingerprint density at radius 1 is 1.15 bits per heavy atom. The monoisotopic (exact) mass is 293 g/mol. The lowest BCUT2D eigenvalue weighted by Crippen LogP contribution is -2.35. The second-order valence-electron chi connectivity index (χ2n) is 5.12. The SMILES string of the molecule is CN1CCCN(S(=O)(=O)Cc2ccc(C#N)cc2)CC1. The van der Waals surface area contributed by atoms with E-state index in [9.17, 15) is 8.42 Å². The fourth-order valence-corrected chi connectivity index (χ4v) is 3.84. The molecule has 108 valence electrons. The van der Waals surface area contributed by atoms with Crippen LogP contribution in [0.1, 0.15) is 17.5 Å². The summed E-state index contributed by atoms with van der Waals surface area (Å²) in [6.45, 7) is 2.84. The highest BCUT2D eigenvalue weighted by Gasteiger charge is 2.24. The van der Waals surface area contributed by atoms with Gasteiger partial charge in [-0.15, -0.1) is 0 Å². The molecule has 1 aliphatic heterocycles. The van der Waals surface area contributed by atoms with Gasteiger partial charge >= 0.3 is 0 Å². The van der Waals surface area contributed by atoms with Gasteiger partial charge in [0.2, 0.25) is 10.0 Å². The van der Waals surface area contributed by atoms with Crippen LogP contribution in [0.3, 0.4) is 0 Å². The summed E-state index contributed by atoms with van der Waals surface area (Å²) in [6.07, 6.45) is 0.864. The van der Waals surface area contributed by atoms with Gasteiger partial charge in [-0.2, -0.15) is 5.26 Å². The molecular formula is C14H19N3O2S. The number of nitriles is 1. The summed E-state index contributed by atoms with van der Waals surface area (Å²) < 4.78 is 26.4. The van der Waals surface area contributed by atoms with E-state index in [0.29, 0.717) is 18.7 Å². The largest absolute Gasteiger partial charge is 0.305 e. The molecule has 0 saturated carbocycles. The molecule has 0 atom stereocenters. The number of benzene rings is 1.